The van der Waals surface area contributed by atoms with Crippen LogP contribution in [0, 0.1) is 13.8 Å². The summed E-state index contributed by atoms with van der Waals surface area (Å²) in [5.74, 6) is 0.951. The number of hydrogen-bond acceptors (Lipinski definition) is 5. The zero-order valence-corrected chi connectivity index (χ0v) is 18.1. The molecule has 1 aliphatic carbocycles. The van der Waals surface area contributed by atoms with Crippen LogP contribution < -0.4 is 15.5 Å². The van der Waals surface area contributed by atoms with Crippen molar-refractivity contribution in [1.82, 2.24) is 5.43 Å². The summed E-state index contributed by atoms with van der Waals surface area (Å²) in [5, 5.41) is 7.23. The number of fused-ring (bicyclic) bond motifs is 1. The fraction of sp³-hybridized carbons (Fsp3) is 0.240. The molecule has 2 N–H and O–H groups in total. The van der Waals surface area contributed by atoms with Crippen molar-refractivity contribution in [3.05, 3.63) is 82.8 Å². The molecule has 2 aromatic carbocycles. The molecule has 0 bridgehead atoms. The maximum atomic E-state index is 12.9. The number of carbonyl (C=O) groups is 2. The molecule has 7 nitrogen and oxygen atoms in total. The van der Waals surface area contributed by atoms with Gasteiger partial charge in [-0.1, -0.05) is 36.4 Å². The molecule has 164 valence electrons. The number of para-hydroxylation sites is 2. The summed E-state index contributed by atoms with van der Waals surface area (Å²) in [6.45, 7) is 3.64. The number of amides is 2. The summed E-state index contributed by atoms with van der Waals surface area (Å²) >= 11 is 0. The number of nitrogens with zero attached hydrogens (tertiary/aromatic N) is 1. The third kappa shape index (κ3) is 4.72. The molecule has 32 heavy (non-hydrogen) atoms. The van der Waals surface area contributed by atoms with Crippen LogP contribution >= 0.6 is 0 Å². The Morgan fingerprint density at radius 2 is 1.78 bits per heavy atom. The Kier molecular flexibility index (Phi) is 6.35. The molecule has 0 unspecified atom stereocenters. The lowest BCUT2D eigenvalue weighted by Gasteiger charge is -2.13. The van der Waals surface area contributed by atoms with Crippen LogP contribution in [-0.4, -0.2) is 24.1 Å². The maximum absolute atomic E-state index is 12.9. The molecule has 7 heteroatoms. The van der Waals surface area contributed by atoms with E-state index < -0.39 is 0 Å². The first-order chi connectivity index (χ1) is 15.5. The van der Waals surface area contributed by atoms with Gasteiger partial charge in [0, 0.05) is 23.2 Å². The van der Waals surface area contributed by atoms with Crippen molar-refractivity contribution in [2.75, 3.05) is 11.9 Å². The first-order valence-corrected chi connectivity index (χ1v) is 10.6. The molecule has 3 aromatic rings. The molecule has 0 fully saturated rings. The van der Waals surface area contributed by atoms with Crippen molar-refractivity contribution in [3.8, 4) is 5.75 Å². The van der Waals surface area contributed by atoms with Gasteiger partial charge >= 0.3 is 0 Å². The molecule has 4 rings (SSSR count). The smallest absolute Gasteiger partial charge is 0.291 e. The summed E-state index contributed by atoms with van der Waals surface area (Å²) in [6.07, 6.45) is 2.23. The number of hydrazone groups is 1. The normalized spacial score (nSPS) is 14.0. The Balaban J connectivity index is 1.47. The number of carbonyl (C=O) groups excluding carboxylic acids is 2. The maximum Gasteiger partial charge on any atom is 0.291 e. The molecule has 1 heterocycles. The number of furan rings is 1. The van der Waals surface area contributed by atoms with E-state index in [4.69, 9.17) is 9.15 Å². The molecular weight excluding hydrogens is 406 g/mol. The van der Waals surface area contributed by atoms with Crippen molar-refractivity contribution in [2.45, 2.75) is 33.1 Å². The van der Waals surface area contributed by atoms with Crippen LogP contribution in [0.15, 0.2) is 64.1 Å². The lowest BCUT2D eigenvalue weighted by Crippen LogP contribution is -2.27. The minimum atomic E-state index is -0.354. The van der Waals surface area contributed by atoms with E-state index in [0.717, 1.165) is 41.0 Å². The van der Waals surface area contributed by atoms with Gasteiger partial charge in [-0.15, -0.1) is 0 Å². The van der Waals surface area contributed by atoms with Crippen LogP contribution in [0.4, 0.5) is 5.69 Å². The van der Waals surface area contributed by atoms with Crippen LogP contribution in [0.1, 0.15) is 45.8 Å². The molecule has 1 aromatic heterocycles. The van der Waals surface area contributed by atoms with E-state index in [2.05, 4.69) is 15.8 Å². The number of hydrogen-bond donors (Lipinski definition) is 2. The fourth-order valence-electron chi connectivity index (χ4n) is 3.72. The van der Waals surface area contributed by atoms with E-state index in [9.17, 15) is 9.59 Å². The monoisotopic (exact) mass is 431 g/mol. The van der Waals surface area contributed by atoms with Crippen LogP contribution in [0.25, 0.3) is 0 Å². The lowest BCUT2D eigenvalue weighted by atomic mass is 9.93. The van der Waals surface area contributed by atoms with E-state index >= 15 is 0 Å². The summed E-state index contributed by atoms with van der Waals surface area (Å²) in [7, 11) is 0. The summed E-state index contributed by atoms with van der Waals surface area (Å²) in [4.78, 5) is 25.0. The van der Waals surface area contributed by atoms with Crippen molar-refractivity contribution in [1.29, 1.82) is 0 Å². The minimum Gasteiger partial charge on any atom is -0.484 e. The highest BCUT2D eigenvalue weighted by atomic mass is 16.5. The Bertz CT molecular complexity index is 1170. The number of benzene rings is 2. The zero-order chi connectivity index (χ0) is 22.5. The van der Waals surface area contributed by atoms with Crippen LogP contribution in [-0.2, 0) is 11.2 Å². The average molecular weight is 431 g/mol. The molecule has 0 aliphatic heterocycles. The highest BCUT2D eigenvalue weighted by Gasteiger charge is 2.28. The third-order valence-corrected chi connectivity index (χ3v) is 5.35. The van der Waals surface area contributed by atoms with E-state index in [-0.39, 0.29) is 24.2 Å². The molecule has 0 saturated heterocycles. The predicted octanol–water partition coefficient (Wildman–Crippen LogP) is 4.38. The molecule has 2 amide bonds. The second kappa shape index (κ2) is 9.51. The lowest BCUT2D eigenvalue weighted by molar-refractivity contribution is -0.123. The van der Waals surface area contributed by atoms with Gasteiger partial charge in [0.05, 0.1) is 5.71 Å². The van der Waals surface area contributed by atoms with Gasteiger partial charge in [-0.2, -0.15) is 5.10 Å². The molecular formula is C25H25N3O4. The van der Waals surface area contributed by atoms with Crippen molar-refractivity contribution in [2.24, 2.45) is 5.10 Å². The molecule has 0 atom stereocenters. The number of rotatable bonds is 6. The Morgan fingerprint density at radius 1 is 1.03 bits per heavy atom. The number of nitrogens with one attached hydrogen (secondary N) is 2. The molecule has 0 radical (unpaired) electrons. The minimum absolute atomic E-state index is 0.137. The summed E-state index contributed by atoms with van der Waals surface area (Å²) in [5.41, 5.74) is 6.50. The van der Waals surface area contributed by atoms with Gasteiger partial charge < -0.3 is 14.5 Å². The number of ether oxygens (including phenoxy) is 1. The Morgan fingerprint density at radius 3 is 2.56 bits per heavy atom. The molecule has 0 saturated carbocycles. The fourth-order valence-corrected chi connectivity index (χ4v) is 3.72. The second-order valence-corrected chi connectivity index (χ2v) is 7.67. The van der Waals surface area contributed by atoms with Gasteiger partial charge in [0.25, 0.3) is 11.8 Å². The number of anilines is 1. The van der Waals surface area contributed by atoms with E-state index in [1.807, 2.05) is 56.3 Å². The van der Waals surface area contributed by atoms with Crippen molar-refractivity contribution < 1.29 is 18.7 Å². The molecule has 1 aliphatic rings. The summed E-state index contributed by atoms with van der Waals surface area (Å²) in [6, 6.07) is 16.7. The topological polar surface area (TPSA) is 92.9 Å². The first-order valence-electron chi connectivity index (χ1n) is 10.6. The standard InChI is InChI=1S/C25H25N3O4/c1-16-9-6-7-12-19(16)26-25(30)24-17(2)23-20(13-8-14-21(23)32-24)27-28-22(29)15-31-18-10-4-3-5-11-18/h3-7,9-12H,8,13-15H2,1-2H3,(H,26,30)(H,28,29)/b27-20+. The first kappa shape index (κ1) is 21.4. The van der Waals surface area contributed by atoms with E-state index in [1.165, 1.54) is 0 Å². The zero-order valence-electron chi connectivity index (χ0n) is 18.1. The summed E-state index contributed by atoms with van der Waals surface area (Å²) < 4.78 is 11.4. The average Bonchev–Trinajstić information content (AvgIpc) is 3.15. The Hall–Kier alpha value is -3.87. The van der Waals surface area contributed by atoms with Crippen molar-refractivity contribution >= 4 is 23.2 Å². The van der Waals surface area contributed by atoms with Gasteiger partial charge in [0.15, 0.2) is 12.4 Å². The van der Waals surface area contributed by atoms with Gasteiger partial charge in [0.2, 0.25) is 0 Å². The Labute approximate surface area is 186 Å². The van der Waals surface area contributed by atoms with Crippen LogP contribution in [0.5, 0.6) is 5.75 Å². The van der Waals surface area contributed by atoms with E-state index in [1.54, 1.807) is 12.1 Å². The van der Waals surface area contributed by atoms with Crippen LogP contribution in [0.3, 0.4) is 0 Å². The van der Waals surface area contributed by atoms with E-state index in [0.29, 0.717) is 17.9 Å². The second-order valence-electron chi connectivity index (χ2n) is 7.67. The predicted molar refractivity (Wildman–Crippen MR) is 122 cm³/mol. The highest BCUT2D eigenvalue weighted by Crippen LogP contribution is 2.30. The van der Waals surface area contributed by atoms with Crippen molar-refractivity contribution in [3.63, 3.8) is 0 Å². The van der Waals surface area contributed by atoms with Gasteiger partial charge in [-0.3, -0.25) is 9.59 Å². The quantitative estimate of drug-likeness (QED) is 0.567. The highest BCUT2D eigenvalue weighted by molar-refractivity contribution is 6.09. The molecule has 0 spiro atoms. The SMILES string of the molecule is Cc1ccccc1NC(=O)c1oc2c(c1C)/C(=N/NC(=O)COc1ccccc1)CCC2. The largest absolute Gasteiger partial charge is 0.484 e. The third-order valence-electron chi connectivity index (χ3n) is 5.35. The van der Waals surface area contributed by atoms with Gasteiger partial charge in [-0.05, 0) is 50.5 Å². The van der Waals surface area contributed by atoms with Gasteiger partial charge in [0.1, 0.15) is 11.5 Å². The number of aryl methyl sites for hydroxylation is 2. The van der Waals surface area contributed by atoms with Gasteiger partial charge in [-0.25, -0.2) is 5.43 Å². The van der Waals surface area contributed by atoms with Crippen LogP contribution in [0.2, 0.25) is 0 Å².